The van der Waals surface area contributed by atoms with Gasteiger partial charge in [0.15, 0.2) is 0 Å². The lowest BCUT2D eigenvalue weighted by molar-refractivity contribution is 0.680. The van der Waals surface area contributed by atoms with Crippen molar-refractivity contribution in [3.63, 3.8) is 0 Å². The minimum Gasteiger partial charge on any atom is -0.235 e. The van der Waals surface area contributed by atoms with E-state index in [1.807, 2.05) is 0 Å². The Hall–Kier alpha value is -0.380. The van der Waals surface area contributed by atoms with Crippen LogP contribution in [0.25, 0.3) is 0 Å². The first-order valence-corrected chi connectivity index (χ1v) is 2.87. The second kappa shape index (κ2) is 1.38. The van der Waals surface area contributed by atoms with E-state index in [2.05, 4.69) is 9.93 Å². The van der Waals surface area contributed by atoms with Gasteiger partial charge in [0, 0.05) is 6.21 Å². The Labute approximate surface area is 38.0 Å². The molecule has 3 nitrogen and oxygen atoms in total. The molecule has 1 aliphatic rings. The van der Waals surface area contributed by atoms with Crippen molar-refractivity contribution in [2.24, 2.45) is 5.10 Å². The van der Waals surface area contributed by atoms with Gasteiger partial charge in [0.1, 0.15) is 11.0 Å². The summed E-state index contributed by atoms with van der Waals surface area (Å²) in [6.07, 6.45) is 1.59. The van der Waals surface area contributed by atoms with Crippen LogP contribution in [-0.2, 0) is 11.0 Å². The van der Waals surface area contributed by atoms with Crippen molar-refractivity contribution in [2.75, 3.05) is 5.75 Å². The topological polar surface area (TPSA) is 41.5 Å². The van der Waals surface area contributed by atoms with Crippen LogP contribution in [0.5, 0.6) is 0 Å². The number of hydrazone groups is 1. The average Bonchev–Trinajstić information content (AvgIpc) is 1.86. The van der Waals surface area contributed by atoms with Crippen LogP contribution in [-0.4, -0.2) is 16.2 Å². The average molecular weight is 104 g/mol. The van der Waals surface area contributed by atoms with Crippen LogP contribution >= 0.6 is 0 Å². The van der Waals surface area contributed by atoms with Gasteiger partial charge in [0.05, 0.1) is 5.75 Å². The standard InChI is InChI=1S/C2H4N2OS/c5-6-2-1-3-4-6/h1,4H,2H2. The molecule has 0 aliphatic carbocycles. The molecule has 1 rings (SSSR count). The van der Waals surface area contributed by atoms with Gasteiger partial charge in [-0.1, -0.05) is 0 Å². The summed E-state index contributed by atoms with van der Waals surface area (Å²) in [4.78, 5) is 2.36. The lowest BCUT2D eigenvalue weighted by atomic mass is 10.9. The van der Waals surface area contributed by atoms with Crippen LogP contribution in [0.3, 0.4) is 0 Å². The minimum atomic E-state index is -0.895. The minimum absolute atomic E-state index is 0.556. The Balaban J connectivity index is 2.52. The van der Waals surface area contributed by atoms with Crippen molar-refractivity contribution in [3.8, 4) is 0 Å². The predicted molar refractivity (Wildman–Crippen MR) is 24.6 cm³/mol. The van der Waals surface area contributed by atoms with Crippen LogP contribution in [0.1, 0.15) is 0 Å². The van der Waals surface area contributed by atoms with E-state index in [1.54, 1.807) is 6.21 Å². The number of hydrogen-bond acceptors (Lipinski definition) is 2. The predicted octanol–water partition coefficient (Wildman–Crippen LogP) is -0.761. The number of nitrogens with one attached hydrogen (secondary N) is 1. The van der Waals surface area contributed by atoms with Crippen LogP contribution in [0.4, 0.5) is 0 Å². The Morgan fingerprint density at radius 1 is 2.00 bits per heavy atom. The molecular formula is C2H4N2OS. The van der Waals surface area contributed by atoms with Crippen LogP contribution in [0.15, 0.2) is 5.10 Å². The quantitative estimate of drug-likeness (QED) is 0.431. The monoisotopic (exact) mass is 104 g/mol. The summed E-state index contributed by atoms with van der Waals surface area (Å²) in [5.74, 6) is 0.556. The number of hydrogen-bond donors (Lipinski definition) is 1. The van der Waals surface area contributed by atoms with E-state index in [4.69, 9.17) is 0 Å². The molecule has 0 radical (unpaired) electrons. The maximum Gasteiger partial charge on any atom is 0.138 e. The molecule has 1 atom stereocenters. The normalized spacial score (nSPS) is 30.3. The number of rotatable bonds is 0. The zero-order valence-corrected chi connectivity index (χ0v) is 3.86. The summed E-state index contributed by atoms with van der Waals surface area (Å²) >= 11 is 0. The van der Waals surface area contributed by atoms with Crippen molar-refractivity contribution in [1.82, 2.24) is 4.83 Å². The van der Waals surface area contributed by atoms with E-state index in [9.17, 15) is 4.21 Å². The van der Waals surface area contributed by atoms with Gasteiger partial charge in [-0.15, -0.1) is 0 Å². The van der Waals surface area contributed by atoms with E-state index in [-0.39, 0.29) is 0 Å². The third kappa shape index (κ3) is 0.567. The fourth-order valence-corrected chi connectivity index (χ4v) is 0.715. The highest BCUT2D eigenvalue weighted by molar-refractivity contribution is 7.83. The molecule has 4 heteroatoms. The molecule has 1 N–H and O–H groups in total. The lowest BCUT2D eigenvalue weighted by Crippen LogP contribution is -2.03. The van der Waals surface area contributed by atoms with E-state index in [0.717, 1.165) is 0 Å². The van der Waals surface area contributed by atoms with E-state index >= 15 is 0 Å². The fourth-order valence-electron chi connectivity index (χ4n) is 0.238. The molecule has 0 amide bonds. The highest BCUT2D eigenvalue weighted by atomic mass is 32.2. The van der Waals surface area contributed by atoms with Gasteiger partial charge in [0.25, 0.3) is 0 Å². The third-order valence-corrected chi connectivity index (χ3v) is 1.23. The van der Waals surface area contributed by atoms with Crippen LogP contribution in [0, 0.1) is 0 Å². The second-order valence-corrected chi connectivity index (χ2v) is 2.12. The SMILES string of the molecule is O=S1CC=NN1. The lowest BCUT2D eigenvalue weighted by Gasteiger charge is -1.79. The van der Waals surface area contributed by atoms with Crippen molar-refractivity contribution in [1.29, 1.82) is 0 Å². The molecule has 0 bridgehead atoms. The summed E-state index contributed by atoms with van der Waals surface area (Å²) in [5, 5.41) is 3.49. The molecule has 1 aliphatic heterocycles. The number of nitrogens with zero attached hydrogens (tertiary/aromatic N) is 1. The van der Waals surface area contributed by atoms with Crippen LogP contribution < -0.4 is 4.83 Å². The third-order valence-electron chi connectivity index (χ3n) is 0.472. The van der Waals surface area contributed by atoms with Gasteiger partial charge >= 0.3 is 0 Å². The molecule has 0 aromatic rings. The molecular weight excluding hydrogens is 100 g/mol. The van der Waals surface area contributed by atoms with Gasteiger partial charge in [0.2, 0.25) is 0 Å². The molecule has 1 heterocycles. The molecule has 34 valence electrons. The van der Waals surface area contributed by atoms with Crippen molar-refractivity contribution < 1.29 is 4.21 Å². The smallest absolute Gasteiger partial charge is 0.138 e. The molecule has 6 heavy (non-hydrogen) atoms. The van der Waals surface area contributed by atoms with Crippen molar-refractivity contribution in [3.05, 3.63) is 0 Å². The first-order valence-electron chi connectivity index (χ1n) is 1.55. The van der Waals surface area contributed by atoms with Gasteiger partial charge in [-0.25, -0.2) is 9.04 Å². The highest BCUT2D eigenvalue weighted by Crippen LogP contribution is 1.78. The molecule has 0 aromatic carbocycles. The molecule has 0 saturated carbocycles. The van der Waals surface area contributed by atoms with Gasteiger partial charge < -0.3 is 0 Å². The molecule has 0 aromatic heterocycles. The Bertz CT molecular complexity index is 89.7. The van der Waals surface area contributed by atoms with Gasteiger partial charge in [-0.2, -0.15) is 5.10 Å². The zero-order chi connectivity index (χ0) is 4.41. The fraction of sp³-hybridized carbons (Fsp3) is 0.500. The Morgan fingerprint density at radius 2 is 2.83 bits per heavy atom. The molecule has 0 saturated heterocycles. The molecule has 0 fully saturated rings. The van der Waals surface area contributed by atoms with Gasteiger partial charge in [-0.05, 0) is 0 Å². The Morgan fingerprint density at radius 3 is 3.00 bits per heavy atom. The van der Waals surface area contributed by atoms with Crippen molar-refractivity contribution in [2.45, 2.75) is 0 Å². The largest absolute Gasteiger partial charge is 0.235 e. The van der Waals surface area contributed by atoms with E-state index in [0.29, 0.717) is 5.75 Å². The Kier molecular flexibility index (Phi) is 0.874. The molecule has 0 spiro atoms. The van der Waals surface area contributed by atoms with Gasteiger partial charge in [-0.3, -0.25) is 0 Å². The summed E-state index contributed by atoms with van der Waals surface area (Å²) in [6.45, 7) is 0. The van der Waals surface area contributed by atoms with E-state index < -0.39 is 11.0 Å². The first kappa shape index (κ1) is 3.80. The zero-order valence-electron chi connectivity index (χ0n) is 3.05. The van der Waals surface area contributed by atoms with Crippen molar-refractivity contribution >= 4 is 17.2 Å². The summed E-state index contributed by atoms with van der Waals surface area (Å²) < 4.78 is 10.1. The first-order chi connectivity index (χ1) is 2.89. The summed E-state index contributed by atoms with van der Waals surface area (Å²) in [7, 11) is -0.895. The molecule has 1 unspecified atom stereocenters. The highest BCUT2D eigenvalue weighted by Gasteiger charge is 1.96. The maximum absolute atomic E-state index is 10.1. The van der Waals surface area contributed by atoms with Crippen LogP contribution in [0.2, 0.25) is 0 Å². The summed E-state index contributed by atoms with van der Waals surface area (Å²) in [5.41, 5.74) is 0. The van der Waals surface area contributed by atoms with E-state index in [1.165, 1.54) is 0 Å². The maximum atomic E-state index is 10.1. The second-order valence-electron chi connectivity index (χ2n) is 0.915. The summed E-state index contributed by atoms with van der Waals surface area (Å²) in [6, 6.07) is 0.